The van der Waals surface area contributed by atoms with Crippen LogP contribution in [0.1, 0.15) is 45.1 Å². The number of carbonyl (C=O) groups excluding carboxylic acids is 2. The lowest BCUT2D eigenvalue weighted by Gasteiger charge is -2.42. The highest BCUT2D eigenvalue weighted by Crippen LogP contribution is 2.33. The van der Waals surface area contributed by atoms with Crippen LogP contribution in [-0.2, 0) is 9.59 Å². The summed E-state index contributed by atoms with van der Waals surface area (Å²) in [5.41, 5.74) is 6.99. The Bertz CT molecular complexity index is 711. The van der Waals surface area contributed by atoms with Gasteiger partial charge in [-0.1, -0.05) is 31.0 Å². The van der Waals surface area contributed by atoms with Crippen LogP contribution in [0.4, 0.5) is 0 Å². The van der Waals surface area contributed by atoms with Crippen molar-refractivity contribution < 1.29 is 14.3 Å². The maximum atomic E-state index is 13.0. The van der Waals surface area contributed by atoms with Crippen molar-refractivity contribution in [2.75, 3.05) is 26.2 Å². The molecular weight excluding hydrogens is 354 g/mol. The Morgan fingerprint density at radius 2 is 1.79 bits per heavy atom. The zero-order valence-corrected chi connectivity index (χ0v) is 17.3. The quantitative estimate of drug-likeness (QED) is 0.860. The van der Waals surface area contributed by atoms with Gasteiger partial charge in [-0.15, -0.1) is 0 Å². The molecule has 2 aliphatic rings. The molecule has 0 radical (unpaired) electrons. The number of nitrogens with zero attached hydrogens (tertiary/aromatic N) is 2. The van der Waals surface area contributed by atoms with Crippen LogP contribution in [0.15, 0.2) is 24.3 Å². The minimum atomic E-state index is -0.547. The van der Waals surface area contributed by atoms with E-state index in [4.69, 9.17) is 10.5 Å². The molecule has 1 aliphatic heterocycles. The highest BCUT2D eigenvalue weighted by molar-refractivity contribution is 5.83. The molecule has 6 heteroatoms. The number of para-hydroxylation sites is 1. The Kier molecular flexibility index (Phi) is 6.28. The number of aryl methyl sites for hydroxylation is 1. The highest BCUT2D eigenvalue weighted by Gasteiger charge is 2.40. The van der Waals surface area contributed by atoms with Crippen molar-refractivity contribution in [3.05, 3.63) is 29.8 Å². The van der Waals surface area contributed by atoms with E-state index in [1.165, 1.54) is 0 Å². The van der Waals surface area contributed by atoms with E-state index >= 15 is 0 Å². The maximum absolute atomic E-state index is 13.0. The van der Waals surface area contributed by atoms with Gasteiger partial charge in [-0.2, -0.15) is 0 Å². The fourth-order valence-electron chi connectivity index (χ4n) is 4.32. The summed E-state index contributed by atoms with van der Waals surface area (Å²) in [4.78, 5) is 29.4. The van der Waals surface area contributed by atoms with Gasteiger partial charge in [0.15, 0.2) is 6.10 Å². The number of piperazine rings is 1. The Hall–Kier alpha value is -2.08. The number of benzene rings is 1. The molecule has 0 bridgehead atoms. The third kappa shape index (κ3) is 4.49. The SMILES string of the molecule is Cc1ccccc1OC(C)C(=O)N1CCN(C(=O)C2CCCCC2(C)N)CC1. The van der Waals surface area contributed by atoms with E-state index in [1.807, 2.05) is 43.0 Å². The minimum absolute atomic E-state index is 0.0309. The predicted molar refractivity (Wildman–Crippen MR) is 109 cm³/mol. The molecule has 2 N–H and O–H groups in total. The molecule has 0 spiro atoms. The van der Waals surface area contributed by atoms with Crippen LogP contribution >= 0.6 is 0 Å². The Labute approximate surface area is 168 Å². The molecule has 1 aliphatic carbocycles. The van der Waals surface area contributed by atoms with Gasteiger partial charge in [0.05, 0.1) is 5.92 Å². The van der Waals surface area contributed by atoms with Gasteiger partial charge in [0.25, 0.3) is 5.91 Å². The summed E-state index contributed by atoms with van der Waals surface area (Å²) in [6.07, 6.45) is 3.38. The second kappa shape index (κ2) is 8.52. The van der Waals surface area contributed by atoms with Crippen molar-refractivity contribution in [2.24, 2.45) is 11.7 Å². The molecule has 3 unspecified atom stereocenters. The minimum Gasteiger partial charge on any atom is -0.481 e. The highest BCUT2D eigenvalue weighted by atomic mass is 16.5. The summed E-state index contributed by atoms with van der Waals surface area (Å²) in [5, 5.41) is 0. The largest absolute Gasteiger partial charge is 0.481 e. The van der Waals surface area contributed by atoms with E-state index in [-0.39, 0.29) is 17.7 Å². The van der Waals surface area contributed by atoms with Gasteiger partial charge in [-0.05, 0) is 45.2 Å². The van der Waals surface area contributed by atoms with Crippen LogP contribution in [0, 0.1) is 12.8 Å². The standard InChI is InChI=1S/C22H33N3O3/c1-16-8-4-5-10-19(16)28-17(2)20(26)24-12-14-25(15-13-24)21(27)18-9-6-7-11-22(18,3)23/h4-5,8,10,17-18H,6-7,9,11-15,23H2,1-3H3. The first-order valence-corrected chi connectivity index (χ1v) is 10.4. The molecule has 2 amide bonds. The lowest BCUT2D eigenvalue weighted by atomic mass is 9.74. The van der Waals surface area contributed by atoms with Gasteiger partial charge in [-0.25, -0.2) is 0 Å². The van der Waals surface area contributed by atoms with Crippen molar-refractivity contribution in [1.29, 1.82) is 0 Å². The van der Waals surface area contributed by atoms with E-state index in [0.717, 1.165) is 37.0 Å². The number of rotatable bonds is 4. The van der Waals surface area contributed by atoms with Gasteiger partial charge in [0.2, 0.25) is 5.91 Å². The molecule has 2 fully saturated rings. The second-order valence-electron chi connectivity index (χ2n) is 8.48. The molecule has 1 aromatic rings. The number of hydrogen-bond donors (Lipinski definition) is 1. The van der Waals surface area contributed by atoms with E-state index in [0.29, 0.717) is 26.2 Å². The number of hydrogen-bond acceptors (Lipinski definition) is 4. The summed E-state index contributed by atoms with van der Waals surface area (Å²) in [6.45, 7) is 7.96. The van der Waals surface area contributed by atoms with Crippen LogP contribution in [0.3, 0.4) is 0 Å². The van der Waals surface area contributed by atoms with Crippen LogP contribution in [0.2, 0.25) is 0 Å². The molecule has 154 valence electrons. The van der Waals surface area contributed by atoms with Crippen LogP contribution in [0.5, 0.6) is 5.75 Å². The first kappa shape index (κ1) is 20.6. The molecule has 1 saturated carbocycles. The molecule has 1 heterocycles. The van der Waals surface area contributed by atoms with Crippen LogP contribution < -0.4 is 10.5 Å². The fraction of sp³-hybridized carbons (Fsp3) is 0.636. The van der Waals surface area contributed by atoms with Crippen LogP contribution in [-0.4, -0.2) is 59.4 Å². The van der Waals surface area contributed by atoms with Crippen molar-refractivity contribution in [3.8, 4) is 5.75 Å². The normalized spacial score (nSPS) is 26.6. The first-order chi connectivity index (χ1) is 13.3. The van der Waals surface area contributed by atoms with Crippen LogP contribution in [0.25, 0.3) is 0 Å². The zero-order valence-electron chi connectivity index (χ0n) is 17.3. The van der Waals surface area contributed by atoms with E-state index in [2.05, 4.69) is 0 Å². The summed E-state index contributed by atoms with van der Waals surface area (Å²) in [7, 11) is 0. The molecule has 3 rings (SSSR count). The monoisotopic (exact) mass is 387 g/mol. The second-order valence-corrected chi connectivity index (χ2v) is 8.48. The average molecular weight is 388 g/mol. The van der Waals surface area contributed by atoms with Crippen molar-refractivity contribution >= 4 is 11.8 Å². The summed E-state index contributed by atoms with van der Waals surface area (Å²) in [5.74, 6) is 0.751. The topological polar surface area (TPSA) is 75.9 Å². The Morgan fingerprint density at radius 1 is 1.14 bits per heavy atom. The van der Waals surface area contributed by atoms with E-state index < -0.39 is 11.6 Å². The molecule has 1 aromatic carbocycles. The Balaban J connectivity index is 1.53. The Morgan fingerprint density at radius 3 is 2.43 bits per heavy atom. The molecule has 28 heavy (non-hydrogen) atoms. The third-order valence-electron chi connectivity index (χ3n) is 6.20. The average Bonchev–Trinajstić information content (AvgIpc) is 2.68. The zero-order chi connectivity index (χ0) is 20.3. The summed E-state index contributed by atoms with van der Waals surface area (Å²) >= 11 is 0. The number of amides is 2. The molecule has 6 nitrogen and oxygen atoms in total. The predicted octanol–water partition coefficient (Wildman–Crippen LogP) is 2.34. The van der Waals surface area contributed by atoms with Gasteiger partial charge >= 0.3 is 0 Å². The first-order valence-electron chi connectivity index (χ1n) is 10.4. The van der Waals surface area contributed by atoms with E-state index in [1.54, 1.807) is 11.8 Å². The molecule has 0 aromatic heterocycles. The van der Waals surface area contributed by atoms with E-state index in [9.17, 15) is 9.59 Å². The number of ether oxygens (including phenoxy) is 1. The summed E-state index contributed by atoms with van der Waals surface area (Å²) < 4.78 is 5.87. The van der Waals surface area contributed by atoms with Crippen molar-refractivity contribution in [1.82, 2.24) is 9.80 Å². The fourth-order valence-corrected chi connectivity index (χ4v) is 4.32. The smallest absolute Gasteiger partial charge is 0.263 e. The lowest BCUT2D eigenvalue weighted by Crippen LogP contribution is -2.58. The van der Waals surface area contributed by atoms with Crippen molar-refractivity contribution in [3.63, 3.8) is 0 Å². The summed E-state index contributed by atoms with van der Waals surface area (Å²) in [6, 6.07) is 7.70. The molecule has 1 saturated heterocycles. The maximum Gasteiger partial charge on any atom is 0.263 e. The number of carbonyl (C=O) groups is 2. The van der Waals surface area contributed by atoms with Crippen molar-refractivity contribution in [2.45, 2.75) is 58.1 Å². The van der Waals surface area contributed by atoms with Gasteiger partial charge in [0.1, 0.15) is 5.75 Å². The molecular formula is C22H33N3O3. The van der Waals surface area contributed by atoms with Gasteiger partial charge in [0, 0.05) is 31.7 Å². The number of nitrogens with two attached hydrogens (primary N) is 1. The van der Waals surface area contributed by atoms with Gasteiger partial charge < -0.3 is 20.3 Å². The van der Waals surface area contributed by atoms with Gasteiger partial charge in [-0.3, -0.25) is 9.59 Å². The lowest BCUT2D eigenvalue weighted by molar-refractivity contribution is -0.147. The molecule has 3 atom stereocenters. The third-order valence-corrected chi connectivity index (χ3v) is 6.20.